The molecule has 2 rings (SSSR count). The second kappa shape index (κ2) is 6.58. The number of hydrogen-bond acceptors (Lipinski definition) is 2. The van der Waals surface area contributed by atoms with Crippen LogP contribution in [0.5, 0.6) is 0 Å². The van der Waals surface area contributed by atoms with Crippen molar-refractivity contribution in [2.75, 3.05) is 13.1 Å². The molecule has 1 aliphatic heterocycles. The zero-order valence-corrected chi connectivity index (χ0v) is 13.7. The van der Waals surface area contributed by atoms with E-state index in [1.54, 1.807) is 0 Å². The van der Waals surface area contributed by atoms with Gasteiger partial charge >= 0.3 is 0 Å². The van der Waals surface area contributed by atoms with Gasteiger partial charge in [-0.25, -0.2) is 0 Å². The molecule has 1 saturated carbocycles. The van der Waals surface area contributed by atoms with Gasteiger partial charge < -0.3 is 5.32 Å². The first-order chi connectivity index (χ1) is 9.02. The molecule has 5 unspecified atom stereocenters. The highest BCUT2D eigenvalue weighted by Crippen LogP contribution is 2.36. The predicted octanol–water partition coefficient (Wildman–Crippen LogP) is 3.52. The van der Waals surface area contributed by atoms with E-state index in [0.717, 1.165) is 29.8 Å². The molecule has 1 heterocycles. The van der Waals surface area contributed by atoms with E-state index in [4.69, 9.17) is 0 Å². The van der Waals surface area contributed by atoms with Gasteiger partial charge in [0.2, 0.25) is 0 Å². The van der Waals surface area contributed by atoms with Crippen LogP contribution in [0, 0.1) is 17.8 Å². The quantitative estimate of drug-likeness (QED) is 0.837. The van der Waals surface area contributed by atoms with E-state index in [0.29, 0.717) is 6.04 Å². The lowest BCUT2D eigenvalue weighted by Crippen LogP contribution is -2.60. The fourth-order valence-corrected chi connectivity index (χ4v) is 4.21. The average molecular weight is 266 g/mol. The zero-order valence-electron chi connectivity index (χ0n) is 13.7. The molecular formula is C17H34N2. The summed E-state index contributed by atoms with van der Waals surface area (Å²) < 4.78 is 0. The van der Waals surface area contributed by atoms with Crippen molar-refractivity contribution in [3.8, 4) is 0 Å². The van der Waals surface area contributed by atoms with Gasteiger partial charge in [-0.2, -0.15) is 0 Å². The molecule has 5 atom stereocenters. The molecule has 0 radical (unpaired) electrons. The molecule has 0 spiro atoms. The van der Waals surface area contributed by atoms with Crippen molar-refractivity contribution < 1.29 is 0 Å². The molecule has 0 amide bonds. The van der Waals surface area contributed by atoms with Gasteiger partial charge in [0.05, 0.1) is 0 Å². The first-order valence-corrected chi connectivity index (χ1v) is 8.52. The Bertz CT molecular complexity index is 276. The second-order valence-electron chi connectivity index (χ2n) is 7.47. The second-order valence-corrected chi connectivity index (χ2v) is 7.47. The minimum absolute atomic E-state index is 0.714. The van der Waals surface area contributed by atoms with Crippen molar-refractivity contribution in [2.24, 2.45) is 17.8 Å². The van der Waals surface area contributed by atoms with E-state index < -0.39 is 0 Å². The summed E-state index contributed by atoms with van der Waals surface area (Å²) in [5.41, 5.74) is 0. The summed E-state index contributed by atoms with van der Waals surface area (Å²) >= 11 is 0. The van der Waals surface area contributed by atoms with Gasteiger partial charge in [-0.1, -0.05) is 34.6 Å². The summed E-state index contributed by atoms with van der Waals surface area (Å²) in [6.45, 7) is 14.4. The van der Waals surface area contributed by atoms with Crippen LogP contribution in [-0.2, 0) is 0 Å². The molecule has 2 aliphatic rings. The molecular weight excluding hydrogens is 232 g/mol. The van der Waals surface area contributed by atoms with Crippen LogP contribution < -0.4 is 5.32 Å². The van der Waals surface area contributed by atoms with E-state index >= 15 is 0 Å². The Morgan fingerprint density at radius 1 is 1.21 bits per heavy atom. The van der Waals surface area contributed by atoms with Crippen molar-refractivity contribution in [3.63, 3.8) is 0 Å². The van der Waals surface area contributed by atoms with Crippen molar-refractivity contribution in [1.82, 2.24) is 10.2 Å². The maximum absolute atomic E-state index is 3.79. The van der Waals surface area contributed by atoms with Gasteiger partial charge in [-0.05, 0) is 43.4 Å². The summed E-state index contributed by atoms with van der Waals surface area (Å²) in [5, 5.41) is 3.79. The molecule has 0 aromatic heterocycles. The van der Waals surface area contributed by atoms with Crippen molar-refractivity contribution in [1.29, 1.82) is 0 Å². The third-order valence-electron chi connectivity index (χ3n) is 5.62. The predicted molar refractivity (Wildman–Crippen MR) is 83.4 cm³/mol. The van der Waals surface area contributed by atoms with Crippen LogP contribution in [0.4, 0.5) is 0 Å². The van der Waals surface area contributed by atoms with Crippen LogP contribution in [0.3, 0.4) is 0 Å². The molecule has 0 aromatic carbocycles. The Labute approximate surface area is 120 Å². The van der Waals surface area contributed by atoms with Gasteiger partial charge in [-0.3, -0.25) is 4.90 Å². The summed E-state index contributed by atoms with van der Waals surface area (Å²) in [6.07, 6.45) is 5.47. The van der Waals surface area contributed by atoms with Crippen LogP contribution in [0.15, 0.2) is 0 Å². The Kier molecular flexibility index (Phi) is 5.30. The fraction of sp³-hybridized carbons (Fsp3) is 1.00. The van der Waals surface area contributed by atoms with Gasteiger partial charge in [0, 0.05) is 31.2 Å². The standard InChI is InChI=1S/C17H34N2/c1-6-16-10-18-15(9-12(2)3)11-19(16)17-8-7-13(4)14(17)5/h12-18H,6-11H2,1-5H3. The molecule has 1 N–H and O–H groups in total. The minimum Gasteiger partial charge on any atom is -0.311 e. The van der Waals surface area contributed by atoms with Crippen molar-refractivity contribution in [2.45, 2.75) is 78.4 Å². The Morgan fingerprint density at radius 3 is 2.47 bits per heavy atom. The molecule has 1 saturated heterocycles. The van der Waals surface area contributed by atoms with Crippen LogP contribution in [0.1, 0.15) is 60.3 Å². The third-order valence-corrected chi connectivity index (χ3v) is 5.62. The highest BCUT2D eigenvalue weighted by molar-refractivity contribution is 4.95. The summed E-state index contributed by atoms with van der Waals surface area (Å²) in [5.74, 6) is 2.60. The van der Waals surface area contributed by atoms with E-state index in [-0.39, 0.29) is 0 Å². The van der Waals surface area contributed by atoms with E-state index in [1.807, 2.05) is 0 Å². The molecule has 112 valence electrons. The minimum atomic E-state index is 0.714. The SMILES string of the molecule is CCC1CNC(CC(C)C)CN1C1CCC(C)C1C. The number of nitrogens with zero attached hydrogens (tertiary/aromatic N) is 1. The van der Waals surface area contributed by atoms with Crippen molar-refractivity contribution in [3.05, 3.63) is 0 Å². The van der Waals surface area contributed by atoms with E-state index in [1.165, 1.54) is 38.8 Å². The first kappa shape index (κ1) is 15.3. The lowest BCUT2D eigenvalue weighted by Gasteiger charge is -2.45. The van der Waals surface area contributed by atoms with E-state index in [9.17, 15) is 0 Å². The molecule has 19 heavy (non-hydrogen) atoms. The van der Waals surface area contributed by atoms with Gasteiger partial charge in [-0.15, -0.1) is 0 Å². The summed E-state index contributed by atoms with van der Waals surface area (Å²) in [6, 6.07) is 2.32. The normalized spacial score (nSPS) is 41.1. The van der Waals surface area contributed by atoms with Gasteiger partial charge in [0.25, 0.3) is 0 Å². The van der Waals surface area contributed by atoms with Crippen LogP contribution >= 0.6 is 0 Å². The number of hydrogen-bond donors (Lipinski definition) is 1. The molecule has 0 bridgehead atoms. The summed E-state index contributed by atoms with van der Waals surface area (Å²) in [4.78, 5) is 2.87. The van der Waals surface area contributed by atoms with Crippen molar-refractivity contribution >= 4 is 0 Å². The Hall–Kier alpha value is -0.0800. The third kappa shape index (κ3) is 3.52. The average Bonchev–Trinajstić information content (AvgIpc) is 2.69. The highest BCUT2D eigenvalue weighted by Gasteiger charge is 2.39. The zero-order chi connectivity index (χ0) is 14.0. The Morgan fingerprint density at radius 2 is 1.95 bits per heavy atom. The lowest BCUT2D eigenvalue weighted by molar-refractivity contribution is 0.0545. The van der Waals surface area contributed by atoms with Crippen LogP contribution in [-0.4, -0.2) is 36.1 Å². The number of piperazine rings is 1. The molecule has 2 fully saturated rings. The molecule has 2 heteroatoms. The van der Waals surface area contributed by atoms with Gasteiger partial charge in [0.1, 0.15) is 0 Å². The number of nitrogens with one attached hydrogen (secondary N) is 1. The van der Waals surface area contributed by atoms with Gasteiger partial charge in [0.15, 0.2) is 0 Å². The molecule has 0 aromatic rings. The number of rotatable bonds is 4. The van der Waals surface area contributed by atoms with E-state index in [2.05, 4.69) is 44.8 Å². The monoisotopic (exact) mass is 266 g/mol. The molecule has 1 aliphatic carbocycles. The topological polar surface area (TPSA) is 15.3 Å². The van der Waals surface area contributed by atoms with Crippen LogP contribution in [0.25, 0.3) is 0 Å². The largest absolute Gasteiger partial charge is 0.311 e. The Balaban J connectivity index is 2.01. The maximum Gasteiger partial charge on any atom is 0.0221 e. The maximum atomic E-state index is 3.79. The molecule has 2 nitrogen and oxygen atoms in total. The first-order valence-electron chi connectivity index (χ1n) is 8.52. The smallest absolute Gasteiger partial charge is 0.0221 e. The highest BCUT2D eigenvalue weighted by atomic mass is 15.3. The summed E-state index contributed by atoms with van der Waals surface area (Å²) in [7, 11) is 0. The lowest BCUT2D eigenvalue weighted by atomic mass is 9.92. The fourth-order valence-electron chi connectivity index (χ4n) is 4.21. The van der Waals surface area contributed by atoms with Crippen LogP contribution in [0.2, 0.25) is 0 Å².